The first kappa shape index (κ1) is 9.29. The van der Waals surface area contributed by atoms with Gasteiger partial charge in [0.15, 0.2) is 0 Å². The van der Waals surface area contributed by atoms with Crippen molar-refractivity contribution in [2.75, 3.05) is 11.9 Å². The molecule has 0 unspecified atom stereocenters. The van der Waals surface area contributed by atoms with Gasteiger partial charge in [0, 0.05) is 12.7 Å². The van der Waals surface area contributed by atoms with E-state index in [9.17, 15) is 0 Å². The third-order valence-electron chi connectivity index (χ3n) is 1.32. The molecule has 0 saturated heterocycles. The average Bonchev–Trinajstić information content (AvgIpc) is 2.03. The molecule has 0 saturated carbocycles. The van der Waals surface area contributed by atoms with Gasteiger partial charge in [-0.05, 0) is 19.1 Å². The van der Waals surface area contributed by atoms with E-state index in [-0.39, 0.29) is 0 Å². The van der Waals surface area contributed by atoms with Crippen LogP contribution in [0.3, 0.4) is 0 Å². The van der Waals surface area contributed by atoms with Crippen LogP contribution in [0.5, 0.6) is 0 Å². The molecule has 1 aromatic rings. The second kappa shape index (κ2) is 4.28. The number of aliphatic hydroxyl groups is 1. The molecule has 0 spiro atoms. The first-order valence-corrected chi connectivity index (χ1v) is 4.10. The lowest BCUT2D eigenvalue weighted by Crippen LogP contribution is -2.16. The van der Waals surface area contributed by atoms with Crippen molar-refractivity contribution in [2.24, 2.45) is 0 Å². The molecule has 0 bridgehead atoms. The molecule has 1 rings (SSSR count). The molecule has 66 valence electrons. The maximum Gasteiger partial charge on any atom is 0.144 e. The number of nitrogens with zero attached hydrogens (tertiary/aromatic N) is 1. The minimum Gasteiger partial charge on any atom is -0.392 e. The van der Waals surface area contributed by atoms with Gasteiger partial charge in [-0.2, -0.15) is 0 Å². The van der Waals surface area contributed by atoms with Crippen molar-refractivity contribution in [1.82, 2.24) is 4.98 Å². The molecule has 2 N–H and O–H groups in total. The van der Waals surface area contributed by atoms with E-state index in [0.29, 0.717) is 17.4 Å². The molecule has 1 heterocycles. The van der Waals surface area contributed by atoms with Gasteiger partial charge in [-0.15, -0.1) is 0 Å². The highest BCUT2D eigenvalue weighted by molar-refractivity contribution is 6.32. The Labute approximate surface area is 76.4 Å². The first-order chi connectivity index (χ1) is 5.70. The Morgan fingerprint density at radius 1 is 1.75 bits per heavy atom. The number of rotatable bonds is 3. The maximum absolute atomic E-state index is 8.97. The third-order valence-corrected chi connectivity index (χ3v) is 1.63. The Balaban J connectivity index is 2.57. The molecule has 0 aliphatic rings. The predicted octanol–water partition coefficient (Wildman–Crippen LogP) is 1.53. The summed E-state index contributed by atoms with van der Waals surface area (Å²) in [4.78, 5) is 4.00. The fraction of sp³-hybridized carbons (Fsp3) is 0.375. The molecule has 12 heavy (non-hydrogen) atoms. The van der Waals surface area contributed by atoms with Crippen LogP contribution in [0.1, 0.15) is 6.92 Å². The van der Waals surface area contributed by atoms with Crippen LogP contribution in [0, 0.1) is 0 Å². The van der Waals surface area contributed by atoms with Crippen LogP contribution < -0.4 is 5.32 Å². The van der Waals surface area contributed by atoms with Crippen molar-refractivity contribution in [3.8, 4) is 0 Å². The molecule has 0 aliphatic heterocycles. The summed E-state index contributed by atoms with van der Waals surface area (Å²) >= 11 is 5.80. The predicted molar refractivity (Wildman–Crippen MR) is 49.4 cm³/mol. The monoisotopic (exact) mass is 186 g/mol. The molecule has 0 aliphatic carbocycles. The highest BCUT2D eigenvalue weighted by Gasteiger charge is 2.00. The minimum atomic E-state index is -0.400. The number of halogens is 1. The number of hydrogen-bond acceptors (Lipinski definition) is 3. The molecular formula is C8H11ClN2O. The summed E-state index contributed by atoms with van der Waals surface area (Å²) in [7, 11) is 0. The maximum atomic E-state index is 8.97. The van der Waals surface area contributed by atoms with Crippen LogP contribution in [-0.4, -0.2) is 22.7 Å². The SMILES string of the molecule is C[C@H](O)CNc1ncccc1Cl. The molecule has 0 aromatic carbocycles. The van der Waals surface area contributed by atoms with Crippen molar-refractivity contribution >= 4 is 17.4 Å². The number of pyridine rings is 1. The molecule has 3 nitrogen and oxygen atoms in total. The molecule has 1 aromatic heterocycles. The lowest BCUT2D eigenvalue weighted by molar-refractivity contribution is 0.208. The van der Waals surface area contributed by atoms with Gasteiger partial charge >= 0.3 is 0 Å². The van der Waals surface area contributed by atoms with Crippen molar-refractivity contribution in [2.45, 2.75) is 13.0 Å². The number of anilines is 1. The van der Waals surface area contributed by atoms with Crippen LogP contribution >= 0.6 is 11.6 Å². The van der Waals surface area contributed by atoms with E-state index in [1.54, 1.807) is 25.3 Å². The second-order valence-corrected chi connectivity index (χ2v) is 2.97. The summed E-state index contributed by atoms with van der Waals surface area (Å²) in [6.07, 6.45) is 1.25. The van der Waals surface area contributed by atoms with E-state index in [1.165, 1.54) is 0 Å². The van der Waals surface area contributed by atoms with Gasteiger partial charge in [0.2, 0.25) is 0 Å². The van der Waals surface area contributed by atoms with E-state index >= 15 is 0 Å². The van der Waals surface area contributed by atoms with Crippen LogP contribution in [-0.2, 0) is 0 Å². The van der Waals surface area contributed by atoms with E-state index < -0.39 is 6.10 Å². The van der Waals surface area contributed by atoms with Crippen LogP contribution in [0.4, 0.5) is 5.82 Å². The fourth-order valence-corrected chi connectivity index (χ4v) is 0.948. The van der Waals surface area contributed by atoms with Gasteiger partial charge in [-0.1, -0.05) is 11.6 Å². The molecule has 1 atom stereocenters. The summed E-state index contributed by atoms with van der Waals surface area (Å²) in [6, 6.07) is 3.51. The summed E-state index contributed by atoms with van der Waals surface area (Å²) in [5.41, 5.74) is 0. The summed E-state index contributed by atoms with van der Waals surface area (Å²) in [5, 5.41) is 12.5. The molecular weight excluding hydrogens is 176 g/mol. The summed E-state index contributed by atoms with van der Waals surface area (Å²) < 4.78 is 0. The van der Waals surface area contributed by atoms with Gasteiger partial charge in [-0.3, -0.25) is 0 Å². The van der Waals surface area contributed by atoms with E-state index in [2.05, 4.69) is 10.3 Å². The Bertz CT molecular complexity index is 253. The smallest absolute Gasteiger partial charge is 0.144 e. The first-order valence-electron chi connectivity index (χ1n) is 3.72. The van der Waals surface area contributed by atoms with Crippen LogP contribution in [0.25, 0.3) is 0 Å². The Morgan fingerprint density at radius 2 is 2.50 bits per heavy atom. The fourth-order valence-electron chi connectivity index (χ4n) is 0.760. The van der Waals surface area contributed by atoms with E-state index in [0.717, 1.165) is 0 Å². The normalized spacial score (nSPS) is 12.6. The Hall–Kier alpha value is -0.800. The number of aromatic nitrogens is 1. The average molecular weight is 187 g/mol. The second-order valence-electron chi connectivity index (χ2n) is 2.56. The van der Waals surface area contributed by atoms with Gasteiger partial charge in [-0.25, -0.2) is 4.98 Å². The highest BCUT2D eigenvalue weighted by atomic mass is 35.5. The van der Waals surface area contributed by atoms with Gasteiger partial charge < -0.3 is 10.4 Å². The quantitative estimate of drug-likeness (QED) is 0.753. The van der Waals surface area contributed by atoms with Gasteiger partial charge in [0.25, 0.3) is 0 Å². The topological polar surface area (TPSA) is 45.1 Å². The number of nitrogens with one attached hydrogen (secondary N) is 1. The summed E-state index contributed by atoms with van der Waals surface area (Å²) in [6.45, 7) is 2.15. The zero-order chi connectivity index (χ0) is 8.97. The molecule has 0 amide bonds. The lowest BCUT2D eigenvalue weighted by atomic mass is 10.4. The number of aliphatic hydroxyl groups excluding tert-OH is 1. The van der Waals surface area contributed by atoms with Gasteiger partial charge in [0.1, 0.15) is 5.82 Å². The Morgan fingerprint density at radius 3 is 3.08 bits per heavy atom. The minimum absolute atomic E-state index is 0.400. The largest absolute Gasteiger partial charge is 0.392 e. The standard InChI is InChI=1S/C8H11ClN2O/c1-6(12)5-11-8-7(9)3-2-4-10-8/h2-4,6,12H,5H2,1H3,(H,10,11)/t6-/m0/s1. The summed E-state index contributed by atoms with van der Waals surface area (Å²) in [5.74, 6) is 0.611. The molecule has 0 radical (unpaired) electrons. The third kappa shape index (κ3) is 2.68. The van der Waals surface area contributed by atoms with Crippen molar-refractivity contribution in [3.05, 3.63) is 23.4 Å². The zero-order valence-corrected chi connectivity index (χ0v) is 7.54. The Kier molecular flexibility index (Phi) is 3.31. The van der Waals surface area contributed by atoms with Crippen molar-refractivity contribution < 1.29 is 5.11 Å². The van der Waals surface area contributed by atoms with Crippen molar-refractivity contribution in [1.29, 1.82) is 0 Å². The van der Waals surface area contributed by atoms with Gasteiger partial charge in [0.05, 0.1) is 11.1 Å². The molecule has 0 fully saturated rings. The van der Waals surface area contributed by atoms with E-state index in [1.807, 2.05) is 0 Å². The highest BCUT2D eigenvalue weighted by Crippen LogP contribution is 2.16. The molecule has 4 heteroatoms. The zero-order valence-electron chi connectivity index (χ0n) is 6.79. The van der Waals surface area contributed by atoms with Crippen LogP contribution in [0.15, 0.2) is 18.3 Å². The van der Waals surface area contributed by atoms with Crippen LogP contribution in [0.2, 0.25) is 5.02 Å². The number of hydrogen-bond donors (Lipinski definition) is 2. The lowest BCUT2D eigenvalue weighted by Gasteiger charge is -2.07. The van der Waals surface area contributed by atoms with E-state index in [4.69, 9.17) is 16.7 Å². The van der Waals surface area contributed by atoms with Crippen molar-refractivity contribution in [3.63, 3.8) is 0 Å².